The lowest BCUT2D eigenvalue weighted by Gasteiger charge is -2.35. The van der Waals surface area contributed by atoms with Gasteiger partial charge in [0.25, 0.3) is 0 Å². The Bertz CT molecular complexity index is 1170. The maximum atomic E-state index is 10.3. The molecule has 1 aliphatic rings. The monoisotopic (exact) mass is 460 g/mol. The van der Waals surface area contributed by atoms with Gasteiger partial charge in [-0.1, -0.05) is 6.42 Å². The summed E-state index contributed by atoms with van der Waals surface area (Å²) in [5.74, 6) is 2.16. The van der Waals surface area contributed by atoms with Crippen LogP contribution in [0.1, 0.15) is 48.1 Å². The zero-order chi connectivity index (χ0) is 24.1. The van der Waals surface area contributed by atoms with E-state index in [4.69, 9.17) is 19.7 Å². The van der Waals surface area contributed by atoms with Crippen molar-refractivity contribution in [3.05, 3.63) is 59.3 Å². The van der Waals surface area contributed by atoms with E-state index in [0.29, 0.717) is 35.4 Å². The van der Waals surface area contributed by atoms with Crippen LogP contribution >= 0.6 is 0 Å². The lowest BCUT2D eigenvalue weighted by atomic mass is 9.98. The van der Waals surface area contributed by atoms with Crippen LogP contribution < -0.4 is 14.8 Å². The number of benzene rings is 1. The number of piperidine rings is 1. The third-order valence-corrected chi connectivity index (χ3v) is 5.89. The molecule has 2 N–H and O–H groups in total. The number of aryl methyl sites for hydroxylation is 1. The molecule has 0 bridgehead atoms. The molecule has 9 nitrogen and oxygen atoms in total. The van der Waals surface area contributed by atoms with Gasteiger partial charge in [-0.3, -0.25) is 4.90 Å². The minimum Gasteiger partial charge on any atom is -0.502 e. The molecule has 3 heterocycles. The Hall–Kier alpha value is -3.90. The van der Waals surface area contributed by atoms with Gasteiger partial charge >= 0.3 is 0 Å². The standard InChI is InChI=1S/C25H28N6O3/c1-16-28-20(12-24(29-16)30-19-8-7-18(13-26)27-14-19)21-6-4-5-9-31(21)15-17-10-22(33-2)25(32)23(11-17)34-3/h7-8,10-12,14,21,32H,4-6,9,15H2,1-3H3,(H,28,29,30)/t21-/m1/s1. The van der Waals surface area contributed by atoms with Crippen LogP contribution in [0.3, 0.4) is 0 Å². The van der Waals surface area contributed by atoms with Gasteiger partial charge in [-0.05, 0) is 56.1 Å². The molecule has 0 amide bonds. The Morgan fingerprint density at radius 1 is 1.15 bits per heavy atom. The molecule has 0 aliphatic carbocycles. The predicted octanol–water partition coefficient (Wildman–Crippen LogP) is 4.25. The Labute approximate surface area is 199 Å². The second-order valence-corrected chi connectivity index (χ2v) is 8.23. The molecule has 34 heavy (non-hydrogen) atoms. The summed E-state index contributed by atoms with van der Waals surface area (Å²) in [7, 11) is 3.06. The largest absolute Gasteiger partial charge is 0.502 e. The molecule has 2 aromatic heterocycles. The van der Waals surface area contributed by atoms with Crippen LogP contribution in [0.5, 0.6) is 17.2 Å². The van der Waals surface area contributed by atoms with E-state index in [1.54, 1.807) is 18.3 Å². The number of pyridine rings is 1. The van der Waals surface area contributed by atoms with Gasteiger partial charge < -0.3 is 19.9 Å². The highest BCUT2D eigenvalue weighted by atomic mass is 16.5. The predicted molar refractivity (Wildman–Crippen MR) is 127 cm³/mol. The van der Waals surface area contributed by atoms with Crippen molar-refractivity contribution in [2.45, 2.75) is 38.8 Å². The second kappa shape index (κ2) is 10.4. The number of phenolic OH excluding ortho intramolecular Hbond substituents is 1. The Kier molecular flexibility index (Phi) is 7.09. The summed E-state index contributed by atoms with van der Waals surface area (Å²) in [4.78, 5) is 15.8. The number of nitrogens with one attached hydrogen (secondary N) is 1. The molecular weight excluding hydrogens is 432 g/mol. The highest BCUT2D eigenvalue weighted by Crippen LogP contribution is 2.39. The zero-order valence-electron chi connectivity index (χ0n) is 19.6. The van der Waals surface area contributed by atoms with Crippen molar-refractivity contribution in [3.8, 4) is 23.3 Å². The van der Waals surface area contributed by atoms with Crippen molar-refractivity contribution < 1.29 is 14.6 Å². The van der Waals surface area contributed by atoms with Gasteiger partial charge in [-0.15, -0.1) is 0 Å². The molecule has 1 saturated heterocycles. The number of rotatable bonds is 7. The molecule has 1 fully saturated rings. The van der Waals surface area contributed by atoms with E-state index in [0.717, 1.165) is 42.8 Å². The third-order valence-electron chi connectivity index (χ3n) is 5.89. The van der Waals surface area contributed by atoms with Crippen LogP contribution in [0.15, 0.2) is 36.5 Å². The number of anilines is 2. The summed E-state index contributed by atoms with van der Waals surface area (Å²) >= 11 is 0. The highest BCUT2D eigenvalue weighted by Gasteiger charge is 2.27. The van der Waals surface area contributed by atoms with Gasteiger partial charge in [0.05, 0.1) is 37.8 Å². The van der Waals surface area contributed by atoms with E-state index in [1.165, 1.54) is 14.2 Å². The number of ether oxygens (including phenoxy) is 2. The molecular formula is C25H28N6O3. The Morgan fingerprint density at radius 2 is 1.91 bits per heavy atom. The van der Waals surface area contributed by atoms with Crippen LogP contribution in [0, 0.1) is 18.3 Å². The summed E-state index contributed by atoms with van der Waals surface area (Å²) in [5.41, 5.74) is 3.07. The average molecular weight is 461 g/mol. The summed E-state index contributed by atoms with van der Waals surface area (Å²) in [6, 6.07) is 11.3. The summed E-state index contributed by atoms with van der Waals surface area (Å²) in [6.07, 6.45) is 4.83. The number of likely N-dealkylation sites (tertiary alicyclic amines) is 1. The van der Waals surface area contributed by atoms with Gasteiger partial charge in [0.15, 0.2) is 11.5 Å². The number of hydrogen-bond acceptors (Lipinski definition) is 9. The third kappa shape index (κ3) is 5.18. The fraction of sp³-hybridized carbons (Fsp3) is 0.360. The molecule has 4 rings (SSSR count). The van der Waals surface area contributed by atoms with E-state index in [1.807, 2.05) is 31.2 Å². The van der Waals surface area contributed by atoms with Crippen LogP contribution in [-0.4, -0.2) is 45.7 Å². The van der Waals surface area contributed by atoms with Crippen LogP contribution in [0.2, 0.25) is 0 Å². The number of aromatic nitrogens is 3. The van der Waals surface area contributed by atoms with Gasteiger partial charge in [-0.25, -0.2) is 15.0 Å². The summed E-state index contributed by atoms with van der Waals surface area (Å²) < 4.78 is 10.7. The normalized spacial score (nSPS) is 16.0. The minimum atomic E-state index is 0.00313. The van der Waals surface area contributed by atoms with Crippen molar-refractivity contribution in [2.75, 3.05) is 26.1 Å². The quantitative estimate of drug-likeness (QED) is 0.534. The van der Waals surface area contributed by atoms with E-state index in [2.05, 4.69) is 20.2 Å². The molecule has 0 unspecified atom stereocenters. The molecule has 9 heteroatoms. The minimum absolute atomic E-state index is 0.00313. The second-order valence-electron chi connectivity index (χ2n) is 8.23. The van der Waals surface area contributed by atoms with Gasteiger partial charge in [0.1, 0.15) is 23.4 Å². The molecule has 1 atom stereocenters. The Morgan fingerprint density at radius 3 is 2.56 bits per heavy atom. The van der Waals surface area contributed by atoms with Crippen molar-refractivity contribution in [1.29, 1.82) is 5.26 Å². The fourth-order valence-electron chi connectivity index (χ4n) is 4.30. The zero-order valence-corrected chi connectivity index (χ0v) is 19.6. The number of phenols is 1. The maximum absolute atomic E-state index is 10.3. The van der Waals surface area contributed by atoms with Crippen LogP contribution in [0.4, 0.5) is 11.5 Å². The summed E-state index contributed by atoms with van der Waals surface area (Å²) in [5, 5.41) is 22.5. The molecule has 3 aromatic rings. The van der Waals surface area contributed by atoms with Gasteiger partial charge in [0.2, 0.25) is 5.75 Å². The Balaban J connectivity index is 1.59. The van der Waals surface area contributed by atoms with E-state index >= 15 is 0 Å². The highest BCUT2D eigenvalue weighted by molar-refractivity contribution is 5.56. The first kappa shape index (κ1) is 23.3. The van der Waals surface area contributed by atoms with Crippen molar-refractivity contribution >= 4 is 11.5 Å². The number of nitrogens with zero attached hydrogens (tertiary/aromatic N) is 5. The van der Waals surface area contributed by atoms with Gasteiger partial charge in [-0.2, -0.15) is 5.26 Å². The first-order valence-corrected chi connectivity index (χ1v) is 11.2. The lowest BCUT2D eigenvalue weighted by Crippen LogP contribution is -2.33. The number of nitriles is 1. The van der Waals surface area contributed by atoms with Crippen molar-refractivity contribution in [2.24, 2.45) is 0 Å². The summed E-state index contributed by atoms with van der Waals surface area (Å²) in [6.45, 7) is 3.49. The van der Waals surface area contributed by atoms with Crippen LogP contribution in [0.25, 0.3) is 0 Å². The fourth-order valence-corrected chi connectivity index (χ4v) is 4.30. The molecule has 0 radical (unpaired) electrons. The number of methoxy groups -OCH3 is 2. The molecule has 0 spiro atoms. The first-order valence-electron chi connectivity index (χ1n) is 11.2. The number of hydrogen-bond donors (Lipinski definition) is 2. The number of aromatic hydroxyl groups is 1. The molecule has 1 aromatic carbocycles. The molecule has 1 aliphatic heterocycles. The van der Waals surface area contributed by atoms with Gasteiger partial charge in [0, 0.05) is 12.6 Å². The lowest BCUT2D eigenvalue weighted by molar-refractivity contribution is 0.137. The molecule has 176 valence electrons. The maximum Gasteiger partial charge on any atom is 0.200 e. The molecule has 0 saturated carbocycles. The van der Waals surface area contributed by atoms with E-state index in [9.17, 15) is 5.11 Å². The van der Waals surface area contributed by atoms with Crippen LogP contribution in [-0.2, 0) is 6.54 Å². The topological polar surface area (TPSA) is 116 Å². The van der Waals surface area contributed by atoms with E-state index < -0.39 is 0 Å². The first-order chi connectivity index (χ1) is 16.5. The van der Waals surface area contributed by atoms with E-state index in [-0.39, 0.29) is 11.8 Å². The average Bonchev–Trinajstić information content (AvgIpc) is 2.85. The smallest absolute Gasteiger partial charge is 0.200 e. The van der Waals surface area contributed by atoms with Crippen molar-refractivity contribution in [1.82, 2.24) is 19.9 Å². The SMILES string of the molecule is COc1cc(CN2CCCC[C@@H]2c2cc(Nc3ccc(C#N)nc3)nc(C)n2)cc(OC)c1O. The van der Waals surface area contributed by atoms with Crippen molar-refractivity contribution in [3.63, 3.8) is 0 Å².